The Kier molecular flexibility index (Phi) is 3.49. The molecule has 1 spiro atoms. The van der Waals surface area contributed by atoms with Gasteiger partial charge in [-0.2, -0.15) is 0 Å². The second-order valence-corrected chi connectivity index (χ2v) is 7.76. The first kappa shape index (κ1) is 14.0. The molecule has 118 valence electrons. The van der Waals surface area contributed by atoms with Crippen molar-refractivity contribution < 1.29 is 9.53 Å². The monoisotopic (exact) mass is 292 g/mol. The van der Waals surface area contributed by atoms with E-state index in [0.29, 0.717) is 30.6 Å². The van der Waals surface area contributed by atoms with Gasteiger partial charge < -0.3 is 15.4 Å². The molecule has 0 aromatic rings. The first-order valence-corrected chi connectivity index (χ1v) is 8.83. The number of amides is 1. The predicted octanol–water partition coefficient (Wildman–Crippen LogP) is 1.78. The lowest BCUT2D eigenvalue weighted by atomic mass is 9.59. The van der Waals surface area contributed by atoms with Crippen molar-refractivity contribution in [2.45, 2.75) is 51.0 Å². The van der Waals surface area contributed by atoms with Crippen LogP contribution in [0.25, 0.3) is 0 Å². The van der Waals surface area contributed by atoms with Gasteiger partial charge in [0.15, 0.2) is 0 Å². The van der Waals surface area contributed by atoms with Crippen LogP contribution in [0.4, 0.5) is 0 Å². The highest BCUT2D eigenvalue weighted by Gasteiger charge is 2.58. The summed E-state index contributed by atoms with van der Waals surface area (Å²) in [5.41, 5.74) is 6.92. The number of carbonyl (C=O) groups excluding carboxylic acids is 1. The second-order valence-electron chi connectivity index (χ2n) is 7.76. The van der Waals surface area contributed by atoms with Crippen molar-refractivity contribution in [3.8, 4) is 0 Å². The molecular weight excluding hydrogens is 264 g/mol. The summed E-state index contributed by atoms with van der Waals surface area (Å²) in [7, 11) is 0. The van der Waals surface area contributed by atoms with Crippen molar-refractivity contribution >= 4 is 5.91 Å². The summed E-state index contributed by atoms with van der Waals surface area (Å²) in [6.45, 7) is 2.96. The van der Waals surface area contributed by atoms with Gasteiger partial charge >= 0.3 is 0 Å². The van der Waals surface area contributed by atoms with E-state index in [-0.39, 0.29) is 5.92 Å². The second kappa shape index (κ2) is 5.24. The molecule has 1 amide bonds. The van der Waals surface area contributed by atoms with Gasteiger partial charge in [0.25, 0.3) is 0 Å². The van der Waals surface area contributed by atoms with Crippen molar-refractivity contribution in [1.29, 1.82) is 0 Å². The van der Waals surface area contributed by atoms with Crippen molar-refractivity contribution in [1.82, 2.24) is 4.90 Å². The third-order valence-electron chi connectivity index (χ3n) is 6.95. The van der Waals surface area contributed by atoms with Gasteiger partial charge in [0, 0.05) is 25.0 Å². The average molecular weight is 292 g/mol. The van der Waals surface area contributed by atoms with E-state index >= 15 is 0 Å². The Morgan fingerprint density at radius 3 is 2.71 bits per heavy atom. The van der Waals surface area contributed by atoms with Crippen LogP contribution in [0.5, 0.6) is 0 Å². The summed E-state index contributed by atoms with van der Waals surface area (Å²) < 4.78 is 5.37. The summed E-state index contributed by atoms with van der Waals surface area (Å²) in [5.74, 6) is 2.15. The highest BCUT2D eigenvalue weighted by molar-refractivity contribution is 5.79. The molecule has 0 aromatic heterocycles. The molecule has 1 saturated heterocycles. The minimum Gasteiger partial charge on any atom is -0.378 e. The van der Waals surface area contributed by atoms with Crippen molar-refractivity contribution in [3.63, 3.8) is 0 Å². The van der Waals surface area contributed by atoms with E-state index in [1.165, 1.54) is 32.1 Å². The average Bonchev–Trinajstić information content (AvgIpc) is 3.11. The Bertz CT molecular complexity index is 417. The molecule has 3 saturated carbocycles. The number of nitrogens with zero attached hydrogens (tertiary/aromatic N) is 1. The van der Waals surface area contributed by atoms with Crippen LogP contribution in [-0.2, 0) is 9.53 Å². The summed E-state index contributed by atoms with van der Waals surface area (Å²) in [6.07, 6.45) is 8.61. The molecule has 4 aliphatic rings. The fourth-order valence-corrected chi connectivity index (χ4v) is 5.87. The Morgan fingerprint density at radius 2 is 2.00 bits per heavy atom. The molecule has 21 heavy (non-hydrogen) atoms. The molecule has 4 fully saturated rings. The zero-order valence-electron chi connectivity index (χ0n) is 12.9. The van der Waals surface area contributed by atoms with Gasteiger partial charge in [0.1, 0.15) is 0 Å². The van der Waals surface area contributed by atoms with Crippen LogP contribution in [0.1, 0.15) is 44.9 Å². The molecule has 1 aliphatic heterocycles. The van der Waals surface area contributed by atoms with Crippen molar-refractivity contribution in [2.75, 3.05) is 26.3 Å². The van der Waals surface area contributed by atoms with Crippen molar-refractivity contribution in [3.05, 3.63) is 0 Å². The van der Waals surface area contributed by atoms with Crippen LogP contribution in [0.2, 0.25) is 0 Å². The Hall–Kier alpha value is -0.610. The maximum atomic E-state index is 12.8. The maximum Gasteiger partial charge on any atom is 0.225 e. The van der Waals surface area contributed by atoms with E-state index in [1.807, 2.05) is 4.90 Å². The smallest absolute Gasteiger partial charge is 0.225 e. The first-order valence-electron chi connectivity index (χ1n) is 8.83. The molecule has 1 heterocycles. The molecular formula is C17H28N2O2. The van der Waals surface area contributed by atoms with Gasteiger partial charge in [0.05, 0.1) is 13.2 Å². The van der Waals surface area contributed by atoms with E-state index in [1.54, 1.807) is 0 Å². The summed E-state index contributed by atoms with van der Waals surface area (Å²) in [4.78, 5) is 14.9. The summed E-state index contributed by atoms with van der Waals surface area (Å²) >= 11 is 0. The van der Waals surface area contributed by atoms with Crippen molar-refractivity contribution in [2.24, 2.45) is 28.9 Å². The molecule has 5 atom stereocenters. The minimum absolute atomic E-state index is 0.224. The van der Waals surface area contributed by atoms with Gasteiger partial charge in [-0.25, -0.2) is 0 Å². The molecule has 2 bridgehead atoms. The minimum atomic E-state index is 0.224. The lowest BCUT2D eigenvalue weighted by Crippen LogP contribution is -2.52. The number of hydrogen-bond donors (Lipinski definition) is 1. The molecule has 3 aliphatic carbocycles. The van der Waals surface area contributed by atoms with E-state index in [0.717, 1.165) is 37.8 Å². The van der Waals surface area contributed by atoms with Crippen LogP contribution in [-0.4, -0.2) is 43.2 Å². The van der Waals surface area contributed by atoms with E-state index in [9.17, 15) is 4.79 Å². The predicted molar refractivity (Wildman–Crippen MR) is 80.6 cm³/mol. The zero-order valence-corrected chi connectivity index (χ0v) is 12.9. The quantitative estimate of drug-likeness (QED) is 0.801. The standard InChI is InChI=1S/C17H28N2O2/c18-15-12-3-4-14(10-12)17(15)5-1-2-13(11-17)16(20)19-6-8-21-9-7-19/h12-15H,1-11,18H2/t12-,13?,14+,15+,17-/m0/s1. The van der Waals surface area contributed by atoms with Gasteiger partial charge in [-0.1, -0.05) is 6.42 Å². The van der Waals surface area contributed by atoms with Gasteiger partial charge in [-0.15, -0.1) is 0 Å². The van der Waals surface area contributed by atoms with Crippen LogP contribution < -0.4 is 5.73 Å². The highest BCUT2D eigenvalue weighted by Crippen LogP contribution is 2.61. The maximum absolute atomic E-state index is 12.8. The fraction of sp³-hybridized carbons (Fsp3) is 0.941. The number of hydrogen-bond acceptors (Lipinski definition) is 3. The molecule has 0 radical (unpaired) electrons. The van der Waals surface area contributed by atoms with E-state index < -0.39 is 0 Å². The molecule has 4 rings (SSSR count). The lowest BCUT2D eigenvalue weighted by Gasteiger charge is -2.48. The zero-order chi connectivity index (χ0) is 14.4. The third kappa shape index (κ3) is 2.14. The SMILES string of the molecule is N[C@@H]1[C@H]2CC[C@H](C2)[C@@]12CCCC(C(=O)N1CCOCC1)C2. The number of rotatable bonds is 1. The van der Waals surface area contributed by atoms with Crippen LogP contribution in [0.15, 0.2) is 0 Å². The molecule has 0 aromatic carbocycles. The Balaban J connectivity index is 1.49. The van der Waals surface area contributed by atoms with Gasteiger partial charge in [0.2, 0.25) is 5.91 Å². The normalized spacial score (nSPS) is 46.2. The summed E-state index contributed by atoms with van der Waals surface area (Å²) in [5, 5.41) is 0. The Morgan fingerprint density at radius 1 is 1.19 bits per heavy atom. The molecule has 1 unspecified atom stereocenters. The fourth-order valence-electron chi connectivity index (χ4n) is 5.87. The topological polar surface area (TPSA) is 55.6 Å². The lowest BCUT2D eigenvalue weighted by molar-refractivity contribution is -0.143. The molecule has 2 N–H and O–H groups in total. The first-order chi connectivity index (χ1) is 10.2. The third-order valence-corrected chi connectivity index (χ3v) is 6.95. The number of nitrogens with two attached hydrogens (primary N) is 1. The largest absolute Gasteiger partial charge is 0.378 e. The summed E-state index contributed by atoms with van der Waals surface area (Å²) in [6, 6.07) is 0.358. The number of ether oxygens (including phenoxy) is 1. The van der Waals surface area contributed by atoms with Crippen LogP contribution >= 0.6 is 0 Å². The highest BCUT2D eigenvalue weighted by atomic mass is 16.5. The van der Waals surface area contributed by atoms with Gasteiger partial charge in [-0.3, -0.25) is 4.79 Å². The number of carbonyl (C=O) groups is 1. The number of fused-ring (bicyclic) bond motifs is 3. The molecule has 4 nitrogen and oxygen atoms in total. The number of morpholine rings is 1. The van der Waals surface area contributed by atoms with E-state index in [4.69, 9.17) is 10.5 Å². The van der Waals surface area contributed by atoms with E-state index in [2.05, 4.69) is 0 Å². The Labute approximate surface area is 127 Å². The van der Waals surface area contributed by atoms with Crippen LogP contribution in [0, 0.1) is 23.2 Å². The van der Waals surface area contributed by atoms with Gasteiger partial charge in [-0.05, 0) is 55.8 Å². The molecule has 4 heteroatoms. The van der Waals surface area contributed by atoms with Crippen LogP contribution in [0.3, 0.4) is 0 Å².